The zero-order valence-corrected chi connectivity index (χ0v) is 23.1. The van der Waals surface area contributed by atoms with Crippen LogP contribution in [0.15, 0.2) is 60.9 Å². The van der Waals surface area contributed by atoms with E-state index in [1.54, 1.807) is 12.4 Å². The van der Waals surface area contributed by atoms with Crippen LogP contribution in [0.1, 0.15) is 44.6 Å². The number of ether oxygens (including phenoxy) is 1. The second-order valence-electron chi connectivity index (χ2n) is 11.1. The van der Waals surface area contributed by atoms with Crippen molar-refractivity contribution in [3.05, 3.63) is 66.5 Å². The highest BCUT2D eigenvalue weighted by molar-refractivity contribution is 6.05. The Hall–Kier alpha value is -4.04. The Labute approximate surface area is 235 Å². The number of rotatable bonds is 7. The third kappa shape index (κ3) is 5.63. The fraction of sp³-hybridized carbons (Fsp3) is 0.375. The Morgan fingerprint density at radius 3 is 2.75 bits per heavy atom. The standard InChI is InChI=1S/C32H36N6O2/c1-20-10-12-22(18-20)30(39)37-27-9-3-7-25-24(27)13-11-21(2)29(25)40-31-26(8-5-16-34-31)28-14-17-35-32(38-28)36-23-6-4-15-33-19-23/h3,5,7-9,11,13-14,16-17,20,22-23,33H,4,6,10,12,15,18-19H2,1-2H3,(H,37,39)(H,35,36,38)/t20?,22-,23+/m1/s1. The molecule has 2 aliphatic rings. The molecule has 0 spiro atoms. The van der Waals surface area contributed by atoms with Crippen LogP contribution in [0, 0.1) is 18.8 Å². The summed E-state index contributed by atoms with van der Waals surface area (Å²) in [6, 6.07) is 16.1. The zero-order valence-electron chi connectivity index (χ0n) is 23.1. The molecule has 40 heavy (non-hydrogen) atoms. The minimum absolute atomic E-state index is 0.0733. The minimum Gasteiger partial charge on any atom is -0.437 e. The molecule has 3 N–H and O–H groups in total. The molecule has 8 heteroatoms. The van der Waals surface area contributed by atoms with Crippen LogP contribution in [0.2, 0.25) is 0 Å². The van der Waals surface area contributed by atoms with Crippen LogP contribution >= 0.6 is 0 Å². The largest absolute Gasteiger partial charge is 0.437 e. The van der Waals surface area contributed by atoms with E-state index in [-0.39, 0.29) is 11.8 Å². The first-order valence-corrected chi connectivity index (χ1v) is 14.3. The summed E-state index contributed by atoms with van der Waals surface area (Å²) in [7, 11) is 0. The lowest BCUT2D eigenvalue weighted by Gasteiger charge is -2.23. The van der Waals surface area contributed by atoms with Gasteiger partial charge in [-0.15, -0.1) is 0 Å². The number of benzene rings is 2. The van der Waals surface area contributed by atoms with Gasteiger partial charge in [-0.25, -0.2) is 15.0 Å². The molecule has 1 aliphatic heterocycles. The van der Waals surface area contributed by atoms with Gasteiger partial charge in [0.15, 0.2) is 0 Å². The molecule has 1 aliphatic carbocycles. The number of carbonyl (C=O) groups is 1. The molecule has 0 bridgehead atoms. The maximum absolute atomic E-state index is 13.0. The number of nitrogens with zero attached hydrogens (tertiary/aromatic N) is 3. The van der Waals surface area contributed by atoms with E-state index in [2.05, 4.69) is 32.8 Å². The van der Waals surface area contributed by atoms with Crippen LogP contribution in [-0.4, -0.2) is 40.0 Å². The number of carbonyl (C=O) groups excluding carboxylic acids is 1. The van der Waals surface area contributed by atoms with Crippen LogP contribution in [0.25, 0.3) is 22.0 Å². The van der Waals surface area contributed by atoms with E-state index in [0.717, 1.165) is 78.5 Å². The molecule has 2 aromatic heterocycles. The zero-order chi connectivity index (χ0) is 27.5. The van der Waals surface area contributed by atoms with Gasteiger partial charge in [0.25, 0.3) is 0 Å². The maximum atomic E-state index is 13.0. The summed E-state index contributed by atoms with van der Waals surface area (Å²) < 4.78 is 6.56. The van der Waals surface area contributed by atoms with E-state index in [9.17, 15) is 4.79 Å². The van der Waals surface area contributed by atoms with E-state index in [1.807, 2.05) is 55.5 Å². The Bertz CT molecular complexity index is 1520. The first-order chi connectivity index (χ1) is 19.5. The average molecular weight is 537 g/mol. The molecule has 3 atom stereocenters. The Morgan fingerprint density at radius 1 is 1.00 bits per heavy atom. The number of fused-ring (bicyclic) bond motifs is 1. The summed E-state index contributed by atoms with van der Waals surface area (Å²) in [5, 5.41) is 11.9. The molecule has 4 aromatic rings. The molecule has 1 unspecified atom stereocenters. The molecule has 1 saturated carbocycles. The van der Waals surface area contributed by atoms with Gasteiger partial charge in [0.1, 0.15) is 5.75 Å². The van der Waals surface area contributed by atoms with Crippen molar-refractivity contribution >= 4 is 28.3 Å². The summed E-state index contributed by atoms with van der Waals surface area (Å²) >= 11 is 0. The van der Waals surface area contributed by atoms with Gasteiger partial charge in [-0.05, 0) is 81.3 Å². The van der Waals surface area contributed by atoms with Crippen LogP contribution in [0.4, 0.5) is 11.6 Å². The van der Waals surface area contributed by atoms with Crippen molar-refractivity contribution < 1.29 is 9.53 Å². The molecule has 8 nitrogen and oxygen atoms in total. The molecule has 3 heterocycles. The number of amides is 1. The molecule has 2 aromatic carbocycles. The monoisotopic (exact) mass is 536 g/mol. The van der Waals surface area contributed by atoms with Crippen molar-refractivity contribution in [3.8, 4) is 22.9 Å². The van der Waals surface area contributed by atoms with Crippen molar-refractivity contribution in [2.75, 3.05) is 23.7 Å². The number of piperidine rings is 1. The summed E-state index contributed by atoms with van der Waals surface area (Å²) in [5.74, 6) is 2.55. The van der Waals surface area contributed by atoms with Crippen LogP contribution in [0.3, 0.4) is 0 Å². The van der Waals surface area contributed by atoms with Crippen molar-refractivity contribution in [1.82, 2.24) is 20.3 Å². The van der Waals surface area contributed by atoms with Crippen molar-refractivity contribution in [2.24, 2.45) is 11.8 Å². The van der Waals surface area contributed by atoms with Gasteiger partial charge >= 0.3 is 0 Å². The lowest BCUT2D eigenvalue weighted by molar-refractivity contribution is -0.119. The molecule has 1 saturated heterocycles. The lowest BCUT2D eigenvalue weighted by atomic mass is 10.0. The SMILES string of the molecule is Cc1ccc2c(NC(=O)[C@@H]3CCC(C)C3)cccc2c1Oc1ncccc1-c1ccnc(N[C@H]2CCCNC2)n1. The van der Waals surface area contributed by atoms with Crippen molar-refractivity contribution in [3.63, 3.8) is 0 Å². The number of hydrogen-bond donors (Lipinski definition) is 3. The molecule has 0 radical (unpaired) electrons. The van der Waals surface area contributed by atoms with Gasteiger partial charge in [-0.1, -0.05) is 31.2 Å². The molecular weight excluding hydrogens is 500 g/mol. The van der Waals surface area contributed by atoms with Gasteiger partial charge in [0.05, 0.1) is 11.3 Å². The normalized spacial score (nSPS) is 20.8. The first kappa shape index (κ1) is 26.2. The van der Waals surface area contributed by atoms with E-state index >= 15 is 0 Å². The predicted octanol–water partition coefficient (Wildman–Crippen LogP) is 6.33. The van der Waals surface area contributed by atoms with Crippen molar-refractivity contribution in [2.45, 2.75) is 52.0 Å². The average Bonchev–Trinajstić information content (AvgIpc) is 3.42. The van der Waals surface area contributed by atoms with E-state index in [4.69, 9.17) is 9.72 Å². The van der Waals surface area contributed by atoms with Crippen molar-refractivity contribution in [1.29, 1.82) is 0 Å². The molecule has 1 amide bonds. The number of aryl methyl sites for hydroxylation is 1. The molecule has 6 rings (SSSR count). The van der Waals surface area contributed by atoms with E-state index in [0.29, 0.717) is 29.5 Å². The second-order valence-corrected chi connectivity index (χ2v) is 11.1. The lowest BCUT2D eigenvalue weighted by Crippen LogP contribution is -2.38. The Kier molecular flexibility index (Phi) is 7.60. The Morgan fingerprint density at radius 2 is 1.93 bits per heavy atom. The van der Waals surface area contributed by atoms with Gasteiger partial charge < -0.3 is 20.7 Å². The molecule has 2 fully saturated rings. The topological polar surface area (TPSA) is 101 Å². The first-order valence-electron chi connectivity index (χ1n) is 14.3. The van der Waals surface area contributed by atoms with E-state index < -0.39 is 0 Å². The van der Waals surface area contributed by atoms with E-state index in [1.165, 1.54) is 0 Å². The fourth-order valence-electron chi connectivity index (χ4n) is 5.86. The third-order valence-corrected chi connectivity index (χ3v) is 8.06. The summed E-state index contributed by atoms with van der Waals surface area (Å²) in [5.41, 5.74) is 3.30. The van der Waals surface area contributed by atoms with Crippen LogP contribution in [-0.2, 0) is 4.79 Å². The van der Waals surface area contributed by atoms with Gasteiger partial charge in [0, 0.05) is 47.4 Å². The number of hydrogen-bond acceptors (Lipinski definition) is 7. The summed E-state index contributed by atoms with van der Waals surface area (Å²) in [6.07, 6.45) is 8.72. The third-order valence-electron chi connectivity index (χ3n) is 8.06. The highest BCUT2D eigenvalue weighted by Crippen LogP contribution is 2.39. The number of nitrogens with one attached hydrogen (secondary N) is 3. The minimum atomic E-state index is 0.0733. The second kappa shape index (κ2) is 11.6. The molecule has 206 valence electrons. The Balaban J connectivity index is 1.29. The number of anilines is 2. The number of aromatic nitrogens is 3. The fourth-order valence-corrected chi connectivity index (χ4v) is 5.86. The van der Waals surface area contributed by atoms with Gasteiger partial charge in [-0.2, -0.15) is 0 Å². The quantitative estimate of drug-likeness (QED) is 0.254. The van der Waals surface area contributed by atoms with Gasteiger partial charge in [-0.3, -0.25) is 4.79 Å². The highest BCUT2D eigenvalue weighted by Gasteiger charge is 2.28. The smallest absolute Gasteiger partial charge is 0.228 e. The number of pyridine rings is 1. The predicted molar refractivity (Wildman–Crippen MR) is 159 cm³/mol. The van der Waals surface area contributed by atoms with Crippen LogP contribution < -0.4 is 20.7 Å². The maximum Gasteiger partial charge on any atom is 0.228 e. The highest BCUT2D eigenvalue weighted by atomic mass is 16.5. The van der Waals surface area contributed by atoms with Gasteiger partial charge in [0.2, 0.25) is 17.7 Å². The summed E-state index contributed by atoms with van der Waals surface area (Å²) in [6.45, 7) is 6.19. The van der Waals surface area contributed by atoms with Crippen LogP contribution in [0.5, 0.6) is 11.6 Å². The summed E-state index contributed by atoms with van der Waals surface area (Å²) in [4.78, 5) is 26.9. The molecular formula is C32H36N6O2.